The molecule has 1 N–H and O–H groups in total. The van der Waals surface area contributed by atoms with Crippen molar-refractivity contribution in [2.75, 3.05) is 52.2 Å². The van der Waals surface area contributed by atoms with E-state index in [0.717, 1.165) is 37.4 Å². The predicted octanol–water partition coefficient (Wildman–Crippen LogP) is 2.25. The van der Waals surface area contributed by atoms with Crippen molar-refractivity contribution in [3.8, 4) is 5.75 Å². The molecule has 3 amide bonds. The Morgan fingerprint density at radius 3 is 2.59 bits per heavy atom. The zero-order valence-electron chi connectivity index (χ0n) is 16.5. The van der Waals surface area contributed by atoms with Crippen molar-refractivity contribution in [2.24, 2.45) is 0 Å². The summed E-state index contributed by atoms with van der Waals surface area (Å²) >= 11 is 0. The van der Waals surface area contributed by atoms with Crippen LogP contribution in [0.4, 0.5) is 10.5 Å². The van der Waals surface area contributed by atoms with Crippen molar-refractivity contribution in [2.45, 2.75) is 31.7 Å². The number of amides is 3. The fourth-order valence-corrected chi connectivity index (χ4v) is 3.94. The Labute approximate surface area is 161 Å². The summed E-state index contributed by atoms with van der Waals surface area (Å²) in [6, 6.07) is 7.34. The second kappa shape index (κ2) is 8.17. The molecular formula is C20H30N4O3. The number of hydrogen-bond donors (Lipinski definition) is 1. The molecule has 148 valence electrons. The number of anilines is 1. The average molecular weight is 374 g/mol. The number of ether oxygens (including phenoxy) is 1. The smallest absolute Gasteiger partial charge is 0.321 e. The SMILES string of the molecule is CCOc1ccc(NC(=O)N2CCN(C)C3(CCC(=O)N(C)CC3)C2)cc1. The van der Waals surface area contributed by atoms with Crippen LogP contribution in [0.2, 0.25) is 0 Å². The minimum atomic E-state index is -0.130. The first-order valence-corrected chi connectivity index (χ1v) is 9.67. The number of carbonyl (C=O) groups is 2. The first kappa shape index (κ1) is 19.5. The minimum absolute atomic E-state index is 0.0874. The fourth-order valence-electron chi connectivity index (χ4n) is 3.94. The summed E-state index contributed by atoms with van der Waals surface area (Å²) in [5.74, 6) is 0.984. The molecule has 1 aromatic carbocycles. The normalized spacial score (nSPS) is 24.0. The van der Waals surface area contributed by atoms with Gasteiger partial charge in [-0.1, -0.05) is 0 Å². The Hall–Kier alpha value is -2.28. The molecule has 0 aliphatic carbocycles. The average Bonchev–Trinajstić information content (AvgIpc) is 2.80. The standard InChI is InChI=1S/C20H30N4O3/c1-4-27-17-7-5-16(6-8-17)21-19(26)24-14-13-23(3)20(15-24)10-9-18(25)22(2)12-11-20/h5-8H,4,9-15H2,1-3H3,(H,21,26). The van der Waals surface area contributed by atoms with Crippen LogP contribution in [-0.2, 0) is 4.79 Å². The summed E-state index contributed by atoms with van der Waals surface area (Å²) in [7, 11) is 3.97. The van der Waals surface area contributed by atoms with Gasteiger partial charge in [-0.3, -0.25) is 9.69 Å². The molecule has 2 saturated heterocycles. The molecule has 0 radical (unpaired) electrons. The van der Waals surface area contributed by atoms with Crippen molar-refractivity contribution >= 4 is 17.6 Å². The number of nitrogens with one attached hydrogen (secondary N) is 1. The molecule has 1 atom stereocenters. The van der Waals surface area contributed by atoms with Crippen molar-refractivity contribution in [1.82, 2.24) is 14.7 Å². The van der Waals surface area contributed by atoms with E-state index in [9.17, 15) is 9.59 Å². The van der Waals surface area contributed by atoms with Gasteiger partial charge in [-0.15, -0.1) is 0 Å². The lowest BCUT2D eigenvalue weighted by molar-refractivity contribution is -0.129. The van der Waals surface area contributed by atoms with Gasteiger partial charge in [-0.2, -0.15) is 0 Å². The third-order valence-electron chi connectivity index (χ3n) is 5.85. The van der Waals surface area contributed by atoms with Crippen LogP contribution in [0.3, 0.4) is 0 Å². The number of likely N-dealkylation sites (tertiary alicyclic amines) is 1. The quantitative estimate of drug-likeness (QED) is 0.881. The molecular weight excluding hydrogens is 344 g/mol. The number of piperazine rings is 1. The van der Waals surface area contributed by atoms with Gasteiger partial charge in [0.25, 0.3) is 0 Å². The number of likely N-dealkylation sites (N-methyl/N-ethyl adjacent to an activating group) is 1. The molecule has 0 bridgehead atoms. The topological polar surface area (TPSA) is 65.1 Å². The number of carbonyl (C=O) groups excluding carboxylic acids is 2. The van der Waals surface area contributed by atoms with E-state index in [1.54, 1.807) is 0 Å². The van der Waals surface area contributed by atoms with Gasteiger partial charge in [0.2, 0.25) is 5.91 Å². The number of nitrogens with zero attached hydrogens (tertiary/aromatic N) is 3. The van der Waals surface area contributed by atoms with Crippen molar-refractivity contribution in [1.29, 1.82) is 0 Å². The highest BCUT2D eigenvalue weighted by molar-refractivity contribution is 5.89. The maximum atomic E-state index is 12.8. The van der Waals surface area contributed by atoms with Gasteiger partial charge in [0.1, 0.15) is 5.75 Å². The molecule has 2 heterocycles. The van der Waals surface area contributed by atoms with Crippen LogP contribution < -0.4 is 10.1 Å². The van der Waals surface area contributed by atoms with E-state index in [1.165, 1.54) is 0 Å². The molecule has 1 aromatic rings. The van der Waals surface area contributed by atoms with E-state index in [-0.39, 0.29) is 17.5 Å². The minimum Gasteiger partial charge on any atom is -0.494 e. The molecule has 1 unspecified atom stereocenters. The monoisotopic (exact) mass is 374 g/mol. The summed E-state index contributed by atoms with van der Waals surface area (Å²) in [5.41, 5.74) is 0.627. The van der Waals surface area contributed by atoms with Crippen LogP contribution in [0.1, 0.15) is 26.2 Å². The number of hydrogen-bond acceptors (Lipinski definition) is 4. The van der Waals surface area contributed by atoms with Gasteiger partial charge < -0.3 is 19.9 Å². The van der Waals surface area contributed by atoms with E-state index in [1.807, 2.05) is 48.0 Å². The van der Waals surface area contributed by atoms with Crippen molar-refractivity contribution in [3.05, 3.63) is 24.3 Å². The third kappa shape index (κ3) is 4.35. The van der Waals surface area contributed by atoms with Gasteiger partial charge in [-0.25, -0.2) is 4.79 Å². The molecule has 0 saturated carbocycles. The van der Waals surface area contributed by atoms with Crippen LogP contribution >= 0.6 is 0 Å². The lowest BCUT2D eigenvalue weighted by Gasteiger charge is -2.49. The van der Waals surface area contributed by atoms with Gasteiger partial charge in [-0.05, 0) is 51.1 Å². The molecule has 7 heteroatoms. The first-order valence-electron chi connectivity index (χ1n) is 9.67. The fraction of sp³-hybridized carbons (Fsp3) is 0.600. The summed E-state index contributed by atoms with van der Waals surface area (Å²) in [6.07, 6.45) is 2.22. The lowest BCUT2D eigenvalue weighted by Crippen LogP contribution is -2.62. The first-order chi connectivity index (χ1) is 12.9. The number of benzene rings is 1. The van der Waals surface area contributed by atoms with Crippen molar-refractivity contribution in [3.63, 3.8) is 0 Å². The van der Waals surface area contributed by atoms with Gasteiger partial charge in [0.15, 0.2) is 0 Å². The van der Waals surface area contributed by atoms with E-state index in [4.69, 9.17) is 4.74 Å². The Bertz CT molecular complexity index is 678. The lowest BCUT2D eigenvalue weighted by atomic mass is 9.86. The molecule has 1 spiro atoms. The predicted molar refractivity (Wildman–Crippen MR) is 105 cm³/mol. The highest BCUT2D eigenvalue weighted by Gasteiger charge is 2.42. The van der Waals surface area contributed by atoms with Gasteiger partial charge >= 0.3 is 6.03 Å². The Morgan fingerprint density at radius 1 is 1.15 bits per heavy atom. The van der Waals surface area contributed by atoms with Crippen LogP contribution in [0.15, 0.2) is 24.3 Å². The van der Waals surface area contributed by atoms with Crippen molar-refractivity contribution < 1.29 is 14.3 Å². The van der Waals surface area contributed by atoms with Crippen LogP contribution in [0.25, 0.3) is 0 Å². The zero-order chi connectivity index (χ0) is 19.4. The highest BCUT2D eigenvalue weighted by Crippen LogP contribution is 2.32. The second-order valence-corrected chi connectivity index (χ2v) is 7.52. The Morgan fingerprint density at radius 2 is 1.89 bits per heavy atom. The van der Waals surface area contributed by atoms with Crippen LogP contribution in [0.5, 0.6) is 5.75 Å². The molecule has 0 aromatic heterocycles. The largest absolute Gasteiger partial charge is 0.494 e. The molecule has 2 fully saturated rings. The summed E-state index contributed by atoms with van der Waals surface area (Å²) in [4.78, 5) is 30.9. The number of rotatable bonds is 3. The summed E-state index contributed by atoms with van der Waals surface area (Å²) in [6.45, 7) is 5.44. The molecule has 7 nitrogen and oxygen atoms in total. The zero-order valence-corrected chi connectivity index (χ0v) is 16.5. The van der Waals surface area contributed by atoms with E-state index in [2.05, 4.69) is 17.3 Å². The Kier molecular flexibility index (Phi) is 5.89. The molecule has 3 rings (SSSR count). The van der Waals surface area contributed by atoms with E-state index in [0.29, 0.717) is 26.1 Å². The van der Waals surface area contributed by atoms with Gasteiger partial charge in [0.05, 0.1) is 6.61 Å². The van der Waals surface area contributed by atoms with E-state index < -0.39 is 0 Å². The molecule has 27 heavy (non-hydrogen) atoms. The maximum Gasteiger partial charge on any atom is 0.321 e. The molecule has 2 aliphatic rings. The Balaban J connectivity index is 1.66. The molecule has 2 aliphatic heterocycles. The summed E-state index contributed by atoms with van der Waals surface area (Å²) < 4.78 is 5.44. The second-order valence-electron chi connectivity index (χ2n) is 7.52. The van der Waals surface area contributed by atoms with Gasteiger partial charge in [0, 0.05) is 50.9 Å². The summed E-state index contributed by atoms with van der Waals surface area (Å²) in [5, 5.41) is 2.99. The maximum absolute atomic E-state index is 12.8. The third-order valence-corrected chi connectivity index (χ3v) is 5.85. The highest BCUT2D eigenvalue weighted by atomic mass is 16.5. The van der Waals surface area contributed by atoms with Crippen LogP contribution in [0, 0.1) is 0 Å². The van der Waals surface area contributed by atoms with Crippen LogP contribution in [-0.4, -0.2) is 79.1 Å². The van der Waals surface area contributed by atoms with E-state index >= 15 is 0 Å². The number of urea groups is 1.